The molecule has 3 aliphatic rings. The number of aliphatic hydroxyl groups is 6. The Labute approximate surface area is 390 Å². The maximum Gasteiger partial charge on any atom is 0.110 e. The van der Waals surface area contributed by atoms with Crippen LogP contribution in [0, 0.1) is 47.4 Å². The molecule has 8 rings (SSSR count). The summed E-state index contributed by atoms with van der Waals surface area (Å²) in [6.45, 7) is 24.7. The minimum Gasteiger partial charge on any atom is -0.385 e. The fourth-order valence-electron chi connectivity index (χ4n) is 8.85. The van der Waals surface area contributed by atoms with Crippen molar-refractivity contribution in [1.82, 2.24) is 0 Å². The molecule has 5 aromatic carbocycles. The number of fused-ring (bicyclic) bond motifs is 2. The Kier molecular flexibility index (Phi) is 11.6. The van der Waals surface area contributed by atoms with Crippen molar-refractivity contribution >= 4 is 0 Å². The molecule has 3 aliphatic carbocycles. The van der Waals surface area contributed by atoms with Crippen molar-refractivity contribution in [3.05, 3.63) is 173 Å². The van der Waals surface area contributed by atoms with Gasteiger partial charge in [-0.05, 0) is 102 Å². The summed E-state index contributed by atoms with van der Waals surface area (Å²) in [5.41, 5.74) is 7.29. The van der Waals surface area contributed by atoms with Gasteiger partial charge in [-0.3, -0.25) is 0 Å². The molecular formula is C60H60O6. The maximum absolute atomic E-state index is 12.8. The zero-order valence-corrected chi connectivity index (χ0v) is 40.1. The smallest absolute Gasteiger partial charge is 0.110 e. The van der Waals surface area contributed by atoms with Gasteiger partial charge in [0.25, 0.3) is 0 Å². The average molecular weight is 877 g/mol. The quantitative estimate of drug-likeness (QED) is 0.0863. The molecule has 0 saturated carbocycles. The van der Waals surface area contributed by atoms with Gasteiger partial charge in [-0.25, -0.2) is 0 Å². The van der Waals surface area contributed by atoms with E-state index in [0.717, 1.165) is 22.3 Å². The van der Waals surface area contributed by atoms with E-state index >= 15 is 0 Å². The fraction of sp³-hybridized carbons (Fsp3) is 0.367. The van der Waals surface area contributed by atoms with Crippen molar-refractivity contribution in [3.63, 3.8) is 0 Å². The van der Waals surface area contributed by atoms with E-state index in [1.807, 2.05) is 114 Å². The van der Waals surface area contributed by atoms with E-state index in [1.54, 1.807) is 0 Å². The largest absolute Gasteiger partial charge is 0.385 e. The minimum atomic E-state index is -1.65. The number of rotatable bonds is 0. The Morgan fingerprint density at radius 2 is 0.530 bits per heavy atom. The van der Waals surface area contributed by atoms with Crippen LogP contribution >= 0.6 is 0 Å². The van der Waals surface area contributed by atoms with Crippen molar-refractivity contribution in [2.24, 2.45) is 0 Å². The van der Waals surface area contributed by atoms with Gasteiger partial charge in [0.1, 0.15) is 36.6 Å². The summed E-state index contributed by atoms with van der Waals surface area (Å²) in [6.07, 6.45) is -9.28. The summed E-state index contributed by atoms with van der Waals surface area (Å²) in [5, 5.41) is 75.0. The lowest BCUT2D eigenvalue weighted by Gasteiger charge is -2.31. The predicted molar refractivity (Wildman–Crippen MR) is 261 cm³/mol. The van der Waals surface area contributed by atoms with Crippen LogP contribution < -0.4 is 0 Å². The first-order valence-corrected chi connectivity index (χ1v) is 22.7. The molecule has 5 aromatic rings. The third-order valence-corrected chi connectivity index (χ3v) is 13.3. The standard InChI is InChI=1S/C60H60O6/c1-57(2,3)37-19-21-43-35(27-37)17-15-33-13-14-34-16-18-36-28-38(58(4,5)6)20-22-44(36)52(62)54(64)48-30-40(60(10,11)12)32-50-46(48)26-24-42(34)41(33)23-25-45-47(53(63)51(43)61)29-39(59(7,8)9)31-49(45)55(65)56(50)66/h13-14,19-22,27-32,51-56,61-66H,1-12H3. The van der Waals surface area contributed by atoms with Crippen LogP contribution in [0.1, 0.15) is 220 Å². The van der Waals surface area contributed by atoms with Gasteiger partial charge in [0.15, 0.2) is 0 Å². The molecule has 0 saturated heterocycles. The van der Waals surface area contributed by atoms with Crippen LogP contribution in [0.4, 0.5) is 0 Å². The van der Waals surface area contributed by atoms with Crippen LogP contribution in [-0.2, 0) is 21.7 Å². The van der Waals surface area contributed by atoms with Crippen LogP contribution in [-0.4, -0.2) is 30.6 Å². The highest BCUT2D eigenvalue weighted by Crippen LogP contribution is 2.45. The molecular weight excluding hydrogens is 817 g/mol. The molecule has 0 spiro atoms. The van der Waals surface area contributed by atoms with Crippen molar-refractivity contribution in [2.45, 2.75) is 141 Å². The number of hydrogen-bond acceptors (Lipinski definition) is 6. The van der Waals surface area contributed by atoms with Crippen LogP contribution in [0.3, 0.4) is 0 Å². The first-order valence-electron chi connectivity index (χ1n) is 22.7. The molecule has 336 valence electrons. The topological polar surface area (TPSA) is 121 Å². The van der Waals surface area contributed by atoms with Gasteiger partial charge in [0.2, 0.25) is 0 Å². The average Bonchev–Trinajstić information content (AvgIpc) is 3.24. The second-order valence-corrected chi connectivity index (χ2v) is 22.2. The monoisotopic (exact) mass is 876 g/mol. The highest BCUT2D eigenvalue weighted by atomic mass is 16.3. The second-order valence-electron chi connectivity index (χ2n) is 22.2. The second kappa shape index (κ2) is 16.5. The van der Waals surface area contributed by atoms with Gasteiger partial charge < -0.3 is 30.6 Å². The highest BCUT2D eigenvalue weighted by molar-refractivity contribution is 5.71. The Hall–Kier alpha value is -5.90. The van der Waals surface area contributed by atoms with E-state index in [-0.39, 0.29) is 44.2 Å². The van der Waals surface area contributed by atoms with E-state index < -0.39 is 47.5 Å². The lowest BCUT2D eigenvalue weighted by atomic mass is 9.77. The first-order chi connectivity index (χ1) is 30.7. The molecule has 6 heteroatoms. The van der Waals surface area contributed by atoms with E-state index in [1.165, 1.54) is 0 Å². The molecule has 0 fully saturated rings. The van der Waals surface area contributed by atoms with E-state index in [0.29, 0.717) is 44.5 Å². The number of aliphatic hydroxyl groups excluding tert-OH is 6. The zero-order chi connectivity index (χ0) is 48.0. The molecule has 66 heavy (non-hydrogen) atoms. The number of hydrogen-bond donors (Lipinski definition) is 6. The molecule has 6 nitrogen and oxygen atoms in total. The van der Waals surface area contributed by atoms with Crippen LogP contribution in [0.15, 0.2) is 72.8 Å². The molecule has 0 aliphatic heterocycles. The number of benzene rings is 5. The Morgan fingerprint density at radius 1 is 0.273 bits per heavy atom. The Bertz CT molecular complexity index is 2880. The van der Waals surface area contributed by atoms with E-state index in [2.05, 4.69) is 88.9 Å². The van der Waals surface area contributed by atoms with Gasteiger partial charge in [0, 0.05) is 33.4 Å². The van der Waals surface area contributed by atoms with Gasteiger partial charge in [0.05, 0.1) is 11.1 Å². The van der Waals surface area contributed by atoms with Crippen molar-refractivity contribution in [3.8, 4) is 47.4 Å². The van der Waals surface area contributed by atoms with Gasteiger partial charge >= 0.3 is 0 Å². The maximum atomic E-state index is 12.8. The lowest BCUT2D eigenvalue weighted by Crippen LogP contribution is -2.23. The van der Waals surface area contributed by atoms with Crippen molar-refractivity contribution < 1.29 is 30.6 Å². The summed E-state index contributed by atoms with van der Waals surface area (Å²) in [5.74, 6) is 26.9. The van der Waals surface area contributed by atoms with E-state index in [9.17, 15) is 30.6 Å². The lowest BCUT2D eigenvalue weighted by molar-refractivity contribution is 0.0105. The normalized spacial score (nSPS) is 20.9. The molecule has 4 bridgehead atoms. The van der Waals surface area contributed by atoms with Crippen LogP contribution in [0.2, 0.25) is 0 Å². The van der Waals surface area contributed by atoms with Crippen molar-refractivity contribution in [2.75, 3.05) is 0 Å². The highest BCUT2D eigenvalue weighted by Gasteiger charge is 2.36. The van der Waals surface area contributed by atoms with Gasteiger partial charge in [-0.2, -0.15) is 0 Å². The summed E-state index contributed by atoms with van der Waals surface area (Å²) in [4.78, 5) is 0. The SMILES string of the molecule is CC(C)(C)c1ccc2c(c1)C#Cc1ccc3c4c1C#Cc1c(cc(C(C)(C)C)cc1C(O)C(O)c1cc(C(C)(C)C)cc(c1C#C4)C(O)C(O)c1ccc(C(C)(C)C)cc1C#C3)C(O)C2O. The zero-order valence-electron chi connectivity index (χ0n) is 40.1. The Morgan fingerprint density at radius 3 is 0.818 bits per heavy atom. The summed E-state index contributed by atoms with van der Waals surface area (Å²) in [6, 6.07) is 22.4. The van der Waals surface area contributed by atoms with Gasteiger partial charge in [-0.1, -0.05) is 179 Å². The molecule has 6 atom stereocenters. The summed E-state index contributed by atoms with van der Waals surface area (Å²) < 4.78 is 0. The molecule has 0 heterocycles. The Balaban J connectivity index is 1.60. The van der Waals surface area contributed by atoms with Crippen LogP contribution in [0.5, 0.6) is 0 Å². The molecule has 6 N–H and O–H groups in total. The van der Waals surface area contributed by atoms with Crippen molar-refractivity contribution in [1.29, 1.82) is 0 Å². The summed E-state index contributed by atoms with van der Waals surface area (Å²) in [7, 11) is 0. The predicted octanol–water partition coefficient (Wildman–Crippen LogP) is 9.72. The third-order valence-electron chi connectivity index (χ3n) is 13.3. The summed E-state index contributed by atoms with van der Waals surface area (Å²) >= 11 is 0. The fourth-order valence-corrected chi connectivity index (χ4v) is 8.85. The first kappa shape index (κ1) is 46.6. The minimum absolute atomic E-state index is 0.235. The molecule has 0 amide bonds. The third kappa shape index (κ3) is 8.52. The molecule has 0 aromatic heterocycles. The van der Waals surface area contributed by atoms with Crippen LogP contribution in [0.25, 0.3) is 0 Å². The molecule has 6 unspecified atom stereocenters. The van der Waals surface area contributed by atoms with Gasteiger partial charge in [-0.15, -0.1) is 0 Å². The molecule has 0 radical (unpaired) electrons. The van der Waals surface area contributed by atoms with E-state index in [4.69, 9.17) is 0 Å².